The second kappa shape index (κ2) is 9.32. The summed E-state index contributed by atoms with van der Waals surface area (Å²) in [5, 5.41) is 3.04. The summed E-state index contributed by atoms with van der Waals surface area (Å²) < 4.78 is 0. The van der Waals surface area contributed by atoms with Gasteiger partial charge in [-0.2, -0.15) is 0 Å². The highest BCUT2D eigenvalue weighted by atomic mass is 16.1. The highest BCUT2D eigenvalue weighted by Crippen LogP contribution is 2.13. The fourth-order valence-corrected chi connectivity index (χ4v) is 2.20. The van der Waals surface area contributed by atoms with Crippen molar-refractivity contribution in [3.8, 4) is 0 Å². The molecule has 0 aliphatic carbocycles. The summed E-state index contributed by atoms with van der Waals surface area (Å²) >= 11 is 0. The van der Waals surface area contributed by atoms with Gasteiger partial charge in [0.05, 0.1) is 5.54 Å². The monoisotopic (exact) mass is 271 g/mol. The zero-order valence-electron chi connectivity index (χ0n) is 13.5. The lowest BCUT2D eigenvalue weighted by atomic mass is 9.95. The predicted octanol–water partition coefficient (Wildman–Crippen LogP) is 2.13. The van der Waals surface area contributed by atoms with Crippen molar-refractivity contribution in [2.45, 2.75) is 71.4 Å². The van der Waals surface area contributed by atoms with Crippen LogP contribution in [0, 0.1) is 0 Å². The van der Waals surface area contributed by atoms with E-state index in [1.165, 1.54) is 19.3 Å². The normalized spacial score (nSPS) is 14.9. The smallest absolute Gasteiger partial charge is 0.237 e. The quantitative estimate of drug-likeness (QED) is 0.566. The molecule has 3 N–H and O–H groups in total. The Hall–Kier alpha value is -0.610. The Bertz CT molecular complexity index is 256. The minimum Gasteiger partial charge on any atom is -0.368 e. The number of hydrogen-bond acceptors (Lipinski definition) is 3. The lowest BCUT2D eigenvalue weighted by Crippen LogP contribution is -2.51. The van der Waals surface area contributed by atoms with E-state index in [0.717, 1.165) is 25.9 Å². The molecule has 0 heterocycles. The number of carbonyl (C=O) groups is 1. The summed E-state index contributed by atoms with van der Waals surface area (Å²) in [5.74, 6) is -0.267. The maximum Gasteiger partial charge on any atom is 0.237 e. The van der Waals surface area contributed by atoms with E-state index in [0.29, 0.717) is 6.04 Å². The van der Waals surface area contributed by atoms with Gasteiger partial charge in [-0.05, 0) is 60.2 Å². The molecule has 0 spiro atoms. The number of carbonyl (C=O) groups excluding carboxylic acids is 1. The Labute approximate surface area is 119 Å². The van der Waals surface area contributed by atoms with Crippen LogP contribution >= 0.6 is 0 Å². The molecular weight excluding hydrogens is 238 g/mol. The number of likely N-dealkylation sites (N-methyl/N-ethyl adjacent to an activating group) is 1. The van der Waals surface area contributed by atoms with Crippen LogP contribution in [0.15, 0.2) is 0 Å². The second-order valence-corrected chi connectivity index (χ2v) is 5.89. The van der Waals surface area contributed by atoms with E-state index in [2.05, 4.69) is 31.0 Å². The number of primary amides is 1. The Balaban J connectivity index is 4.14. The lowest BCUT2D eigenvalue weighted by molar-refractivity contribution is -0.123. The Kier molecular flexibility index (Phi) is 9.02. The van der Waals surface area contributed by atoms with Crippen molar-refractivity contribution in [1.82, 2.24) is 10.2 Å². The van der Waals surface area contributed by atoms with Gasteiger partial charge in [-0.25, -0.2) is 0 Å². The molecule has 0 rings (SSSR count). The molecule has 0 bridgehead atoms. The number of hydrogen-bond donors (Lipinski definition) is 2. The van der Waals surface area contributed by atoms with Crippen molar-refractivity contribution >= 4 is 5.91 Å². The molecule has 19 heavy (non-hydrogen) atoms. The molecule has 0 aromatic carbocycles. The molecule has 1 unspecified atom stereocenters. The summed E-state index contributed by atoms with van der Waals surface area (Å²) in [6.45, 7) is 10.8. The van der Waals surface area contributed by atoms with Gasteiger partial charge in [0.15, 0.2) is 0 Å². The third-order valence-corrected chi connectivity index (χ3v) is 4.00. The summed E-state index contributed by atoms with van der Waals surface area (Å²) in [5.41, 5.74) is 4.86. The van der Waals surface area contributed by atoms with E-state index in [4.69, 9.17) is 5.73 Å². The fourth-order valence-electron chi connectivity index (χ4n) is 2.20. The molecule has 0 aliphatic heterocycles. The molecular formula is C15H33N3O. The first-order chi connectivity index (χ1) is 8.87. The number of rotatable bonds is 11. The van der Waals surface area contributed by atoms with Crippen LogP contribution in [0.2, 0.25) is 0 Å². The standard InChI is InChI=1S/C15H33N3O/c1-6-7-8-11-18(13(2)3)12-9-10-15(4,17-5)14(16)19/h13,17H,6-12H2,1-5H3,(H2,16,19). The van der Waals surface area contributed by atoms with Crippen LogP contribution in [-0.4, -0.2) is 42.5 Å². The molecule has 0 aliphatic rings. The summed E-state index contributed by atoms with van der Waals surface area (Å²) in [6, 6.07) is 0.561. The van der Waals surface area contributed by atoms with Crippen LogP contribution in [0.1, 0.15) is 59.8 Å². The van der Waals surface area contributed by atoms with Gasteiger partial charge < -0.3 is 16.0 Å². The van der Waals surface area contributed by atoms with E-state index in [1.807, 2.05) is 6.92 Å². The molecule has 114 valence electrons. The molecule has 4 nitrogen and oxygen atoms in total. The molecule has 0 aromatic heterocycles. The topological polar surface area (TPSA) is 58.4 Å². The van der Waals surface area contributed by atoms with Gasteiger partial charge in [0.25, 0.3) is 0 Å². The fraction of sp³-hybridized carbons (Fsp3) is 0.933. The first kappa shape index (κ1) is 18.4. The lowest BCUT2D eigenvalue weighted by Gasteiger charge is -2.30. The molecule has 4 heteroatoms. The number of unbranched alkanes of at least 4 members (excludes halogenated alkanes) is 2. The average molecular weight is 271 g/mol. The van der Waals surface area contributed by atoms with Crippen molar-refractivity contribution in [3.05, 3.63) is 0 Å². The minimum absolute atomic E-state index is 0.267. The maximum atomic E-state index is 11.4. The van der Waals surface area contributed by atoms with E-state index < -0.39 is 5.54 Å². The van der Waals surface area contributed by atoms with Crippen molar-refractivity contribution < 1.29 is 4.79 Å². The van der Waals surface area contributed by atoms with Gasteiger partial charge in [-0.1, -0.05) is 19.8 Å². The first-order valence-corrected chi connectivity index (χ1v) is 7.60. The minimum atomic E-state index is -0.577. The Morgan fingerprint density at radius 3 is 2.26 bits per heavy atom. The van der Waals surface area contributed by atoms with Crippen LogP contribution in [0.3, 0.4) is 0 Å². The van der Waals surface area contributed by atoms with E-state index in [1.54, 1.807) is 7.05 Å². The molecule has 0 radical (unpaired) electrons. The summed E-state index contributed by atoms with van der Waals surface area (Å²) in [4.78, 5) is 13.9. The number of nitrogens with one attached hydrogen (secondary N) is 1. The SMILES string of the molecule is CCCCCN(CCCC(C)(NC)C(N)=O)C(C)C. The molecule has 1 atom stereocenters. The van der Waals surface area contributed by atoms with Crippen LogP contribution < -0.4 is 11.1 Å². The molecule has 0 aromatic rings. The average Bonchev–Trinajstić information content (AvgIpc) is 2.36. The maximum absolute atomic E-state index is 11.4. The van der Waals surface area contributed by atoms with Crippen molar-refractivity contribution in [1.29, 1.82) is 0 Å². The zero-order valence-corrected chi connectivity index (χ0v) is 13.5. The number of nitrogens with zero attached hydrogens (tertiary/aromatic N) is 1. The van der Waals surface area contributed by atoms with Crippen LogP contribution in [-0.2, 0) is 4.79 Å². The van der Waals surface area contributed by atoms with Gasteiger partial charge in [0.1, 0.15) is 0 Å². The number of nitrogens with two attached hydrogens (primary N) is 1. The van der Waals surface area contributed by atoms with E-state index in [-0.39, 0.29) is 5.91 Å². The van der Waals surface area contributed by atoms with Crippen LogP contribution in [0.5, 0.6) is 0 Å². The van der Waals surface area contributed by atoms with Crippen molar-refractivity contribution in [3.63, 3.8) is 0 Å². The van der Waals surface area contributed by atoms with Crippen molar-refractivity contribution in [2.75, 3.05) is 20.1 Å². The first-order valence-electron chi connectivity index (χ1n) is 7.60. The second-order valence-electron chi connectivity index (χ2n) is 5.89. The highest BCUT2D eigenvalue weighted by molar-refractivity contribution is 5.84. The largest absolute Gasteiger partial charge is 0.368 e. The predicted molar refractivity (Wildman–Crippen MR) is 82.1 cm³/mol. The van der Waals surface area contributed by atoms with Gasteiger partial charge >= 0.3 is 0 Å². The zero-order chi connectivity index (χ0) is 14.9. The molecule has 0 saturated carbocycles. The Morgan fingerprint density at radius 2 is 1.84 bits per heavy atom. The van der Waals surface area contributed by atoms with Gasteiger partial charge in [0, 0.05) is 6.04 Å². The van der Waals surface area contributed by atoms with Gasteiger partial charge in [0.2, 0.25) is 5.91 Å². The third-order valence-electron chi connectivity index (χ3n) is 4.00. The van der Waals surface area contributed by atoms with Gasteiger partial charge in [-0.15, -0.1) is 0 Å². The van der Waals surface area contributed by atoms with Crippen LogP contribution in [0.4, 0.5) is 0 Å². The molecule has 0 saturated heterocycles. The van der Waals surface area contributed by atoms with Crippen LogP contribution in [0.25, 0.3) is 0 Å². The summed E-state index contributed by atoms with van der Waals surface area (Å²) in [7, 11) is 1.80. The summed E-state index contributed by atoms with van der Waals surface area (Å²) in [6.07, 6.45) is 5.58. The number of amides is 1. The Morgan fingerprint density at radius 1 is 1.26 bits per heavy atom. The van der Waals surface area contributed by atoms with E-state index >= 15 is 0 Å². The van der Waals surface area contributed by atoms with Gasteiger partial charge in [-0.3, -0.25) is 4.79 Å². The van der Waals surface area contributed by atoms with Crippen molar-refractivity contribution in [2.24, 2.45) is 5.73 Å². The third kappa shape index (κ3) is 6.92. The highest BCUT2D eigenvalue weighted by Gasteiger charge is 2.28. The molecule has 0 fully saturated rings. The van der Waals surface area contributed by atoms with E-state index in [9.17, 15) is 4.79 Å². The molecule has 1 amide bonds.